The molecule has 1 atom stereocenters. The SMILES string of the molecule is O=C(CC1CCNC1)N1CCN(c2ccccc2F)CC1. The highest BCUT2D eigenvalue weighted by molar-refractivity contribution is 5.77. The molecule has 2 saturated heterocycles. The van der Waals surface area contributed by atoms with Gasteiger partial charge in [0, 0.05) is 32.6 Å². The summed E-state index contributed by atoms with van der Waals surface area (Å²) in [5.74, 6) is 0.549. The number of amides is 1. The molecule has 1 aromatic carbocycles. The summed E-state index contributed by atoms with van der Waals surface area (Å²) in [4.78, 5) is 16.2. The van der Waals surface area contributed by atoms with Gasteiger partial charge >= 0.3 is 0 Å². The fourth-order valence-electron chi connectivity index (χ4n) is 3.17. The van der Waals surface area contributed by atoms with E-state index in [0.29, 0.717) is 44.2 Å². The smallest absolute Gasteiger partial charge is 0.223 e. The number of nitrogens with zero attached hydrogens (tertiary/aromatic N) is 2. The number of para-hydroxylation sites is 1. The third-order valence-electron chi connectivity index (χ3n) is 4.45. The van der Waals surface area contributed by atoms with Crippen molar-refractivity contribution >= 4 is 11.6 Å². The van der Waals surface area contributed by atoms with Crippen LogP contribution in [-0.2, 0) is 4.79 Å². The molecule has 0 spiro atoms. The highest BCUT2D eigenvalue weighted by Gasteiger charge is 2.25. The maximum atomic E-state index is 13.8. The number of carbonyl (C=O) groups excluding carboxylic acids is 1. The molecule has 1 unspecified atom stereocenters. The average molecular weight is 291 g/mol. The number of halogens is 1. The van der Waals surface area contributed by atoms with E-state index in [1.807, 2.05) is 15.9 Å². The lowest BCUT2D eigenvalue weighted by atomic mass is 10.0. The van der Waals surface area contributed by atoms with Crippen LogP contribution in [0.2, 0.25) is 0 Å². The second kappa shape index (κ2) is 6.43. The molecule has 0 saturated carbocycles. The number of benzene rings is 1. The standard InChI is InChI=1S/C16H22FN3O/c17-14-3-1-2-4-15(14)19-7-9-20(10-8-19)16(21)11-13-5-6-18-12-13/h1-4,13,18H,5-12H2. The summed E-state index contributed by atoms with van der Waals surface area (Å²) in [5, 5.41) is 3.29. The molecule has 4 nitrogen and oxygen atoms in total. The van der Waals surface area contributed by atoms with E-state index in [0.717, 1.165) is 19.5 Å². The van der Waals surface area contributed by atoms with Crippen molar-refractivity contribution in [3.05, 3.63) is 30.1 Å². The number of rotatable bonds is 3. The van der Waals surface area contributed by atoms with E-state index < -0.39 is 0 Å². The van der Waals surface area contributed by atoms with Gasteiger partial charge in [-0.05, 0) is 37.6 Å². The normalized spacial score (nSPS) is 22.6. The highest BCUT2D eigenvalue weighted by Crippen LogP contribution is 2.21. The van der Waals surface area contributed by atoms with Crippen LogP contribution in [0.25, 0.3) is 0 Å². The van der Waals surface area contributed by atoms with E-state index in [1.54, 1.807) is 12.1 Å². The third-order valence-corrected chi connectivity index (χ3v) is 4.45. The van der Waals surface area contributed by atoms with Crippen LogP contribution in [-0.4, -0.2) is 50.1 Å². The van der Waals surface area contributed by atoms with Crippen molar-refractivity contribution in [2.45, 2.75) is 12.8 Å². The van der Waals surface area contributed by atoms with E-state index in [9.17, 15) is 9.18 Å². The molecular weight excluding hydrogens is 269 g/mol. The molecule has 1 amide bonds. The van der Waals surface area contributed by atoms with Gasteiger partial charge < -0.3 is 15.1 Å². The van der Waals surface area contributed by atoms with Crippen molar-refractivity contribution in [2.75, 3.05) is 44.2 Å². The van der Waals surface area contributed by atoms with E-state index >= 15 is 0 Å². The van der Waals surface area contributed by atoms with E-state index in [1.165, 1.54) is 6.07 Å². The molecule has 5 heteroatoms. The Morgan fingerprint density at radius 2 is 2.00 bits per heavy atom. The summed E-state index contributed by atoms with van der Waals surface area (Å²) < 4.78 is 13.8. The minimum absolute atomic E-state index is 0.186. The minimum Gasteiger partial charge on any atom is -0.366 e. The van der Waals surface area contributed by atoms with Gasteiger partial charge in [-0.2, -0.15) is 0 Å². The fraction of sp³-hybridized carbons (Fsp3) is 0.562. The molecule has 0 bridgehead atoms. The van der Waals surface area contributed by atoms with Crippen molar-refractivity contribution in [3.63, 3.8) is 0 Å². The summed E-state index contributed by atoms with van der Waals surface area (Å²) in [6.45, 7) is 4.77. The monoisotopic (exact) mass is 291 g/mol. The molecule has 2 aliphatic rings. The van der Waals surface area contributed by atoms with Crippen LogP contribution in [0.1, 0.15) is 12.8 Å². The Labute approximate surface area is 124 Å². The molecule has 114 valence electrons. The molecule has 0 aliphatic carbocycles. The topological polar surface area (TPSA) is 35.6 Å². The quantitative estimate of drug-likeness (QED) is 0.916. The van der Waals surface area contributed by atoms with Crippen LogP contribution in [0, 0.1) is 11.7 Å². The van der Waals surface area contributed by atoms with E-state index in [4.69, 9.17) is 0 Å². The zero-order valence-corrected chi connectivity index (χ0v) is 12.2. The number of hydrogen-bond acceptors (Lipinski definition) is 3. The van der Waals surface area contributed by atoms with Crippen molar-refractivity contribution in [1.29, 1.82) is 0 Å². The predicted molar refractivity (Wildman–Crippen MR) is 80.8 cm³/mol. The van der Waals surface area contributed by atoms with Gasteiger partial charge in [0.2, 0.25) is 5.91 Å². The Morgan fingerprint density at radius 1 is 1.24 bits per heavy atom. The van der Waals surface area contributed by atoms with Crippen LogP contribution >= 0.6 is 0 Å². The van der Waals surface area contributed by atoms with Crippen LogP contribution < -0.4 is 10.2 Å². The van der Waals surface area contributed by atoms with Crippen LogP contribution in [0.5, 0.6) is 0 Å². The van der Waals surface area contributed by atoms with Crippen molar-refractivity contribution in [1.82, 2.24) is 10.2 Å². The lowest BCUT2D eigenvalue weighted by molar-refractivity contribution is -0.132. The Morgan fingerprint density at radius 3 is 2.67 bits per heavy atom. The molecule has 21 heavy (non-hydrogen) atoms. The molecular formula is C16H22FN3O. The Kier molecular flexibility index (Phi) is 4.39. The first kappa shape index (κ1) is 14.3. The van der Waals surface area contributed by atoms with Crippen molar-refractivity contribution in [3.8, 4) is 0 Å². The first-order valence-electron chi connectivity index (χ1n) is 7.72. The molecule has 2 heterocycles. The lowest BCUT2D eigenvalue weighted by Gasteiger charge is -2.36. The van der Waals surface area contributed by atoms with Gasteiger partial charge in [-0.1, -0.05) is 12.1 Å². The summed E-state index contributed by atoms with van der Waals surface area (Å²) in [5.41, 5.74) is 0.643. The number of anilines is 1. The van der Waals surface area contributed by atoms with Gasteiger partial charge in [0.05, 0.1) is 5.69 Å². The van der Waals surface area contributed by atoms with Gasteiger partial charge in [-0.15, -0.1) is 0 Å². The molecule has 1 N–H and O–H groups in total. The van der Waals surface area contributed by atoms with Gasteiger partial charge in [-0.3, -0.25) is 4.79 Å². The van der Waals surface area contributed by atoms with Gasteiger partial charge in [0.25, 0.3) is 0 Å². The predicted octanol–water partition coefficient (Wildman–Crippen LogP) is 1.47. The average Bonchev–Trinajstić information content (AvgIpc) is 3.01. The van der Waals surface area contributed by atoms with Crippen LogP contribution in [0.3, 0.4) is 0 Å². The zero-order valence-electron chi connectivity index (χ0n) is 12.2. The fourth-order valence-corrected chi connectivity index (χ4v) is 3.17. The van der Waals surface area contributed by atoms with E-state index in [2.05, 4.69) is 5.32 Å². The Hall–Kier alpha value is -1.62. The third kappa shape index (κ3) is 3.35. The molecule has 0 radical (unpaired) electrons. The van der Waals surface area contributed by atoms with Gasteiger partial charge in [0.15, 0.2) is 0 Å². The van der Waals surface area contributed by atoms with Crippen LogP contribution in [0.15, 0.2) is 24.3 Å². The largest absolute Gasteiger partial charge is 0.366 e. The lowest BCUT2D eigenvalue weighted by Crippen LogP contribution is -2.49. The zero-order chi connectivity index (χ0) is 14.7. The van der Waals surface area contributed by atoms with Crippen molar-refractivity contribution in [2.24, 2.45) is 5.92 Å². The first-order chi connectivity index (χ1) is 10.2. The van der Waals surface area contributed by atoms with Crippen LogP contribution in [0.4, 0.5) is 10.1 Å². The van der Waals surface area contributed by atoms with Gasteiger partial charge in [-0.25, -0.2) is 4.39 Å². The first-order valence-corrected chi connectivity index (χ1v) is 7.72. The number of carbonyl (C=O) groups is 1. The summed E-state index contributed by atoms with van der Waals surface area (Å²) in [6.07, 6.45) is 1.74. The van der Waals surface area contributed by atoms with E-state index in [-0.39, 0.29) is 11.7 Å². The maximum absolute atomic E-state index is 13.8. The molecule has 3 rings (SSSR count). The number of piperazine rings is 1. The summed E-state index contributed by atoms with van der Waals surface area (Å²) in [6, 6.07) is 6.84. The van der Waals surface area contributed by atoms with Gasteiger partial charge in [0.1, 0.15) is 5.82 Å². The molecule has 1 aromatic rings. The Bertz CT molecular complexity index is 494. The second-order valence-corrected chi connectivity index (χ2v) is 5.88. The number of nitrogens with one attached hydrogen (secondary N) is 1. The number of hydrogen-bond donors (Lipinski definition) is 1. The molecule has 2 aliphatic heterocycles. The highest BCUT2D eigenvalue weighted by atomic mass is 19.1. The summed E-state index contributed by atoms with van der Waals surface area (Å²) in [7, 11) is 0. The molecule has 0 aromatic heterocycles. The Balaban J connectivity index is 1.52. The minimum atomic E-state index is -0.186. The maximum Gasteiger partial charge on any atom is 0.223 e. The molecule has 2 fully saturated rings. The van der Waals surface area contributed by atoms with Crippen molar-refractivity contribution < 1.29 is 9.18 Å². The summed E-state index contributed by atoms with van der Waals surface area (Å²) >= 11 is 0. The second-order valence-electron chi connectivity index (χ2n) is 5.88.